The lowest BCUT2D eigenvalue weighted by Gasteiger charge is -2.11. The van der Waals surface area contributed by atoms with Gasteiger partial charge in [0.25, 0.3) is 5.91 Å². The van der Waals surface area contributed by atoms with Crippen molar-refractivity contribution < 1.29 is 9.59 Å². The molecule has 0 saturated carbocycles. The zero-order valence-corrected chi connectivity index (χ0v) is 14.9. The molecule has 1 N–H and O–H groups in total. The number of carbonyl (C=O) groups excluding carboxylic acids is 2. The summed E-state index contributed by atoms with van der Waals surface area (Å²) >= 11 is 0. The molecule has 0 unspecified atom stereocenters. The lowest BCUT2D eigenvalue weighted by Crippen LogP contribution is -2.30. The van der Waals surface area contributed by atoms with Crippen LogP contribution in [0.15, 0.2) is 78.6 Å². The van der Waals surface area contributed by atoms with Crippen LogP contribution in [-0.4, -0.2) is 21.4 Å². The summed E-state index contributed by atoms with van der Waals surface area (Å²) in [6, 6.07) is 20.9. The molecule has 3 aromatic rings. The molecule has 0 bridgehead atoms. The first-order valence-corrected chi connectivity index (χ1v) is 8.75. The van der Waals surface area contributed by atoms with Gasteiger partial charge in [0.1, 0.15) is 5.70 Å². The van der Waals surface area contributed by atoms with Crippen molar-refractivity contribution in [2.75, 3.05) is 0 Å². The Bertz CT molecular complexity index is 1030. The van der Waals surface area contributed by atoms with Gasteiger partial charge >= 0.3 is 6.03 Å². The number of rotatable bonds is 4. The molecule has 4 rings (SSSR count). The fourth-order valence-corrected chi connectivity index (χ4v) is 3.19. The zero-order chi connectivity index (χ0) is 18.8. The van der Waals surface area contributed by atoms with Crippen LogP contribution >= 0.6 is 0 Å². The summed E-state index contributed by atoms with van der Waals surface area (Å²) in [6.07, 6.45) is 3.66. The van der Waals surface area contributed by atoms with Gasteiger partial charge in [0.2, 0.25) is 0 Å². The number of urea groups is 1. The molecule has 5 nitrogen and oxygen atoms in total. The summed E-state index contributed by atoms with van der Waals surface area (Å²) in [4.78, 5) is 26.2. The molecule has 1 saturated heterocycles. The summed E-state index contributed by atoms with van der Waals surface area (Å²) < 4.78 is 2.00. The first-order valence-electron chi connectivity index (χ1n) is 8.75. The molecule has 1 aliphatic rings. The third-order valence-corrected chi connectivity index (χ3v) is 4.59. The van der Waals surface area contributed by atoms with Crippen LogP contribution in [0, 0.1) is 6.92 Å². The van der Waals surface area contributed by atoms with E-state index >= 15 is 0 Å². The Hall–Kier alpha value is -3.60. The molecular weight excluding hydrogens is 338 g/mol. The number of carbonyl (C=O) groups is 2. The van der Waals surface area contributed by atoms with Crippen LogP contribution in [0.5, 0.6) is 0 Å². The van der Waals surface area contributed by atoms with Crippen molar-refractivity contribution in [1.29, 1.82) is 0 Å². The van der Waals surface area contributed by atoms with Crippen LogP contribution in [0.3, 0.4) is 0 Å². The Labute approximate surface area is 157 Å². The van der Waals surface area contributed by atoms with Crippen molar-refractivity contribution in [2.24, 2.45) is 0 Å². The average Bonchev–Trinajstić information content (AvgIpc) is 3.23. The van der Waals surface area contributed by atoms with Gasteiger partial charge in [-0.05, 0) is 42.3 Å². The van der Waals surface area contributed by atoms with Crippen molar-refractivity contribution in [2.45, 2.75) is 13.5 Å². The van der Waals surface area contributed by atoms with Crippen molar-refractivity contribution in [3.63, 3.8) is 0 Å². The number of para-hydroxylation sites is 1. The number of aromatic nitrogens is 1. The van der Waals surface area contributed by atoms with E-state index < -0.39 is 6.03 Å². The molecule has 0 spiro atoms. The molecule has 5 heteroatoms. The minimum absolute atomic E-state index is 0.252. The lowest BCUT2D eigenvalue weighted by molar-refractivity contribution is -0.123. The number of hydrogen-bond donors (Lipinski definition) is 1. The van der Waals surface area contributed by atoms with E-state index in [-0.39, 0.29) is 18.1 Å². The van der Waals surface area contributed by atoms with Crippen LogP contribution in [0.25, 0.3) is 11.8 Å². The second-order valence-electron chi connectivity index (χ2n) is 6.45. The predicted molar refractivity (Wildman–Crippen MR) is 104 cm³/mol. The van der Waals surface area contributed by atoms with Gasteiger partial charge in [0.05, 0.1) is 6.54 Å². The molecule has 1 fully saturated rings. The van der Waals surface area contributed by atoms with E-state index in [2.05, 4.69) is 5.32 Å². The smallest absolute Gasteiger partial charge is 0.317 e. The first kappa shape index (κ1) is 16.8. The van der Waals surface area contributed by atoms with Gasteiger partial charge in [-0.25, -0.2) is 4.79 Å². The highest BCUT2D eigenvalue weighted by molar-refractivity contribution is 6.13. The molecule has 2 aromatic carbocycles. The number of nitrogens with zero attached hydrogens (tertiary/aromatic N) is 2. The third kappa shape index (κ3) is 3.27. The third-order valence-electron chi connectivity index (χ3n) is 4.59. The second-order valence-corrected chi connectivity index (χ2v) is 6.45. The molecule has 134 valence electrons. The van der Waals surface area contributed by atoms with Crippen LogP contribution in [0.1, 0.15) is 16.8 Å². The first-order chi connectivity index (χ1) is 13.1. The zero-order valence-electron chi connectivity index (χ0n) is 14.9. The maximum atomic E-state index is 12.7. The Morgan fingerprint density at radius 3 is 2.44 bits per heavy atom. The van der Waals surface area contributed by atoms with Crippen molar-refractivity contribution in [3.05, 3.63) is 95.4 Å². The Balaban J connectivity index is 1.63. The Kier molecular flexibility index (Phi) is 4.34. The van der Waals surface area contributed by atoms with Gasteiger partial charge in [0.15, 0.2) is 0 Å². The predicted octanol–water partition coefficient (Wildman–Crippen LogP) is 3.88. The molecule has 1 aliphatic heterocycles. The van der Waals surface area contributed by atoms with Crippen LogP contribution in [0.2, 0.25) is 0 Å². The van der Waals surface area contributed by atoms with Gasteiger partial charge in [-0.15, -0.1) is 0 Å². The fourth-order valence-electron chi connectivity index (χ4n) is 3.19. The summed E-state index contributed by atoms with van der Waals surface area (Å²) in [5, 5.41) is 2.69. The molecule has 0 aliphatic carbocycles. The van der Waals surface area contributed by atoms with Crippen LogP contribution < -0.4 is 5.32 Å². The highest BCUT2D eigenvalue weighted by Gasteiger charge is 2.33. The number of nitrogens with one attached hydrogen (secondary N) is 1. The minimum atomic E-state index is -0.399. The van der Waals surface area contributed by atoms with Crippen molar-refractivity contribution in [1.82, 2.24) is 14.8 Å². The van der Waals surface area contributed by atoms with Gasteiger partial charge in [-0.2, -0.15) is 0 Å². The number of imide groups is 1. The number of hydrogen-bond acceptors (Lipinski definition) is 2. The van der Waals surface area contributed by atoms with E-state index in [1.54, 1.807) is 6.08 Å². The maximum absolute atomic E-state index is 12.7. The van der Waals surface area contributed by atoms with E-state index in [9.17, 15) is 9.59 Å². The van der Waals surface area contributed by atoms with E-state index in [1.165, 1.54) is 4.90 Å². The van der Waals surface area contributed by atoms with Gasteiger partial charge < -0.3 is 9.88 Å². The molecule has 0 radical (unpaired) electrons. The molecule has 3 amide bonds. The van der Waals surface area contributed by atoms with Crippen molar-refractivity contribution >= 4 is 18.0 Å². The molecule has 27 heavy (non-hydrogen) atoms. The highest BCUT2D eigenvalue weighted by Crippen LogP contribution is 2.21. The fraction of sp³-hybridized carbons (Fsp3) is 0.0909. The maximum Gasteiger partial charge on any atom is 0.329 e. The topological polar surface area (TPSA) is 54.3 Å². The lowest BCUT2D eigenvalue weighted by atomic mass is 10.2. The molecule has 0 atom stereocenters. The molecule has 1 aromatic heterocycles. The SMILES string of the molecule is Cc1ccccc1-n1cccc1/C=C1/NC(=O)N(Cc2ccccc2)C1=O. The van der Waals surface area contributed by atoms with E-state index in [0.717, 1.165) is 22.5 Å². The Morgan fingerprint density at radius 1 is 0.926 bits per heavy atom. The summed E-state index contributed by atoms with van der Waals surface area (Å²) in [6.45, 7) is 2.29. The molecular formula is C22H19N3O2. The number of amides is 3. The number of benzene rings is 2. The Morgan fingerprint density at radius 2 is 1.67 bits per heavy atom. The normalized spacial score (nSPS) is 15.4. The second kappa shape index (κ2) is 6.96. The standard InChI is InChI=1S/C22H19N3O2/c1-16-8-5-6-12-20(16)24-13-7-11-18(24)14-19-21(26)25(22(27)23-19)15-17-9-3-2-4-10-17/h2-14H,15H2,1H3,(H,23,27)/b19-14+. The van der Waals surface area contributed by atoms with E-state index in [0.29, 0.717) is 0 Å². The van der Waals surface area contributed by atoms with E-state index in [4.69, 9.17) is 0 Å². The van der Waals surface area contributed by atoms with Gasteiger partial charge in [0, 0.05) is 17.6 Å². The van der Waals surface area contributed by atoms with Gasteiger partial charge in [-0.3, -0.25) is 9.69 Å². The summed E-state index contributed by atoms with van der Waals surface area (Å²) in [5.41, 5.74) is 4.18. The summed E-state index contributed by atoms with van der Waals surface area (Å²) in [5.74, 6) is -0.318. The minimum Gasteiger partial charge on any atom is -0.317 e. The molecule has 2 heterocycles. The van der Waals surface area contributed by atoms with Crippen molar-refractivity contribution in [3.8, 4) is 5.69 Å². The number of aryl methyl sites for hydroxylation is 1. The van der Waals surface area contributed by atoms with Crippen LogP contribution in [-0.2, 0) is 11.3 Å². The van der Waals surface area contributed by atoms with E-state index in [1.807, 2.05) is 84.4 Å². The van der Waals surface area contributed by atoms with Crippen LogP contribution in [0.4, 0.5) is 4.79 Å². The summed E-state index contributed by atoms with van der Waals surface area (Å²) in [7, 11) is 0. The quantitative estimate of drug-likeness (QED) is 0.569. The highest BCUT2D eigenvalue weighted by atomic mass is 16.2. The largest absolute Gasteiger partial charge is 0.329 e. The van der Waals surface area contributed by atoms with Gasteiger partial charge in [-0.1, -0.05) is 48.5 Å². The monoisotopic (exact) mass is 357 g/mol. The average molecular weight is 357 g/mol.